The zero-order valence-corrected chi connectivity index (χ0v) is 11.7. The van der Waals surface area contributed by atoms with Crippen molar-refractivity contribution in [3.05, 3.63) is 29.8 Å². The van der Waals surface area contributed by atoms with Crippen molar-refractivity contribution in [2.45, 2.75) is 32.4 Å². The predicted molar refractivity (Wildman–Crippen MR) is 74.7 cm³/mol. The van der Waals surface area contributed by atoms with E-state index in [1.165, 1.54) is 0 Å². The predicted octanol–water partition coefficient (Wildman–Crippen LogP) is 1.75. The Balaban J connectivity index is 2.43. The number of hydrogen-bond donors (Lipinski definition) is 3. The molecule has 0 unspecified atom stereocenters. The number of carboxylic acids is 1. The molecule has 110 valence electrons. The van der Waals surface area contributed by atoms with Crippen molar-refractivity contribution in [1.29, 1.82) is 0 Å². The first-order valence-corrected chi connectivity index (χ1v) is 6.47. The fourth-order valence-electron chi connectivity index (χ4n) is 1.68. The molecule has 2 amide bonds. The van der Waals surface area contributed by atoms with Gasteiger partial charge in [0, 0.05) is 6.54 Å². The van der Waals surface area contributed by atoms with Crippen LogP contribution in [0.1, 0.15) is 25.3 Å². The first-order valence-electron chi connectivity index (χ1n) is 6.47. The Kier molecular flexibility index (Phi) is 6.36. The van der Waals surface area contributed by atoms with Crippen molar-refractivity contribution in [1.82, 2.24) is 10.6 Å². The Morgan fingerprint density at radius 3 is 2.45 bits per heavy atom. The van der Waals surface area contributed by atoms with Gasteiger partial charge in [-0.1, -0.05) is 25.5 Å². The molecule has 1 aromatic rings. The Labute approximate surface area is 118 Å². The highest BCUT2D eigenvalue weighted by Crippen LogP contribution is 2.10. The first kappa shape index (κ1) is 15.8. The lowest BCUT2D eigenvalue weighted by atomic mass is 10.2. The van der Waals surface area contributed by atoms with Gasteiger partial charge in [0.25, 0.3) is 0 Å². The molecule has 0 saturated carbocycles. The summed E-state index contributed by atoms with van der Waals surface area (Å²) < 4.78 is 5.04. The molecule has 1 atom stereocenters. The number of nitrogens with one attached hydrogen (secondary N) is 2. The Hall–Kier alpha value is -2.24. The first-order chi connectivity index (χ1) is 9.56. The van der Waals surface area contributed by atoms with E-state index in [0.717, 1.165) is 11.3 Å². The van der Waals surface area contributed by atoms with Gasteiger partial charge in [-0.15, -0.1) is 0 Å². The van der Waals surface area contributed by atoms with Gasteiger partial charge in [0.15, 0.2) is 0 Å². The zero-order valence-electron chi connectivity index (χ0n) is 11.7. The molecule has 0 aliphatic heterocycles. The highest BCUT2D eigenvalue weighted by atomic mass is 16.5. The van der Waals surface area contributed by atoms with Crippen LogP contribution in [0.3, 0.4) is 0 Å². The van der Waals surface area contributed by atoms with Crippen molar-refractivity contribution in [3.63, 3.8) is 0 Å². The van der Waals surface area contributed by atoms with Crippen molar-refractivity contribution in [3.8, 4) is 5.75 Å². The summed E-state index contributed by atoms with van der Waals surface area (Å²) in [6.45, 7) is 2.20. The van der Waals surface area contributed by atoms with Gasteiger partial charge in [-0.3, -0.25) is 0 Å². The number of methoxy groups -OCH3 is 1. The minimum Gasteiger partial charge on any atom is -0.497 e. The maximum Gasteiger partial charge on any atom is 0.326 e. The summed E-state index contributed by atoms with van der Waals surface area (Å²) in [5, 5.41) is 14.0. The Bertz CT molecular complexity index is 445. The lowest BCUT2D eigenvalue weighted by molar-refractivity contribution is -0.139. The van der Waals surface area contributed by atoms with E-state index < -0.39 is 18.0 Å². The van der Waals surface area contributed by atoms with Crippen LogP contribution in [0.15, 0.2) is 24.3 Å². The maximum atomic E-state index is 11.6. The Morgan fingerprint density at radius 2 is 1.95 bits per heavy atom. The van der Waals surface area contributed by atoms with Crippen LogP contribution in [-0.4, -0.2) is 30.3 Å². The molecular weight excluding hydrogens is 260 g/mol. The fourth-order valence-corrected chi connectivity index (χ4v) is 1.68. The van der Waals surface area contributed by atoms with Gasteiger partial charge in [-0.25, -0.2) is 9.59 Å². The molecule has 0 heterocycles. The number of aliphatic carboxylic acids is 1. The van der Waals surface area contributed by atoms with E-state index in [4.69, 9.17) is 9.84 Å². The molecule has 0 fully saturated rings. The van der Waals surface area contributed by atoms with E-state index in [-0.39, 0.29) is 0 Å². The monoisotopic (exact) mass is 280 g/mol. The van der Waals surface area contributed by atoms with Crippen LogP contribution < -0.4 is 15.4 Å². The molecule has 0 aliphatic carbocycles. The second kappa shape index (κ2) is 8.04. The molecule has 6 nitrogen and oxygen atoms in total. The van der Waals surface area contributed by atoms with E-state index >= 15 is 0 Å². The molecule has 20 heavy (non-hydrogen) atoms. The minimum atomic E-state index is -1.02. The summed E-state index contributed by atoms with van der Waals surface area (Å²) in [5.74, 6) is -0.279. The molecule has 0 bridgehead atoms. The summed E-state index contributed by atoms with van der Waals surface area (Å²) in [7, 11) is 1.58. The number of rotatable bonds is 7. The summed E-state index contributed by atoms with van der Waals surface area (Å²) in [5.41, 5.74) is 0.906. The summed E-state index contributed by atoms with van der Waals surface area (Å²) in [6.07, 6.45) is 1.10. The summed E-state index contributed by atoms with van der Waals surface area (Å²) >= 11 is 0. The van der Waals surface area contributed by atoms with Crippen LogP contribution in [0.4, 0.5) is 4.79 Å². The van der Waals surface area contributed by atoms with Gasteiger partial charge in [0.2, 0.25) is 0 Å². The number of urea groups is 1. The van der Waals surface area contributed by atoms with E-state index in [9.17, 15) is 9.59 Å². The number of hydrogen-bond acceptors (Lipinski definition) is 3. The van der Waals surface area contributed by atoms with Gasteiger partial charge in [-0.05, 0) is 24.1 Å². The number of benzene rings is 1. The SMILES string of the molecule is CCC[C@H](NC(=O)NCc1ccc(OC)cc1)C(=O)O. The highest BCUT2D eigenvalue weighted by molar-refractivity contribution is 5.82. The molecule has 0 aromatic heterocycles. The minimum absolute atomic E-state index is 0.328. The maximum absolute atomic E-state index is 11.6. The van der Waals surface area contributed by atoms with Gasteiger partial charge >= 0.3 is 12.0 Å². The van der Waals surface area contributed by atoms with Gasteiger partial charge in [0.1, 0.15) is 11.8 Å². The van der Waals surface area contributed by atoms with Crippen molar-refractivity contribution in [2.75, 3.05) is 7.11 Å². The summed E-state index contributed by atoms with van der Waals surface area (Å²) in [4.78, 5) is 22.5. The highest BCUT2D eigenvalue weighted by Gasteiger charge is 2.18. The second-order valence-corrected chi connectivity index (χ2v) is 4.35. The van der Waals surface area contributed by atoms with E-state index in [1.54, 1.807) is 19.2 Å². The van der Waals surface area contributed by atoms with Gasteiger partial charge < -0.3 is 20.5 Å². The summed E-state index contributed by atoms with van der Waals surface area (Å²) in [6, 6.07) is 5.93. The van der Waals surface area contributed by atoms with E-state index in [2.05, 4.69) is 10.6 Å². The average molecular weight is 280 g/mol. The number of ether oxygens (including phenoxy) is 1. The second-order valence-electron chi connectivity index (χ2n) is 4.35. The van der Waals surface area contributed by atoms with Crippen molar-refractivity contribution >= 4 is 12.0 Å². The largest absolute Gasteiger partial charge is 0.497 e. The van der Waals surface area contributed by atoms with Crippen molar-refractivity contribution in [2.24, 2.45) is 0 Å². The number of amides is 2. The standard InChI is InChI=1S/C14H20N2O4/c1-3-4-12(13(17)18)16-14(19)15-9-10-5-7-11(20-2)8-6-10/h5-8,12H,3-4,9H2,1-2H3,(H,17,18)(H2,15,16,19)/t12-/m0/s1. The third-order valence-corrected chi connectivity index (χ3v) is 2.79. The quantitative estimate of drug-likeness (QED) is 0.710. The van der Waals surface area contributed by atoms with E-state index in [0.29, 0.717) is 19.4 Å². The molecule has 0 spiro atoms. The lowest BCUT2D eigenvalue weighted by Crippen LogP contribution is -2.45. The lowest BCUT2D eigenvalue weighted by Gasteiger charge is -2.14. The molecule has 3 N–H and O–H groups in total. The van der Waals surface area contributed by atoms with E-state index in [1.807, 2.05) is 19.1 Å². The van der Waals surface area contributed by atoms with Crippen LogP contribution in [0.25, 0.3) is 0 Å². The van der Waals surface area contributed by atoms with Crippen LogP contribution in [0, 0.1) is 0 Å². The zero-order chi connectivity index (χ0) is 15.0. The molecule has 0 radical (unpaired) electrons. The number of carbonyl (C=O) groups is 2. The Morgan fingerprint density at radius 1 is 1.30 bits per heavy atom. The number of carbonyl (C=O) groups excluding carboxylic acids is 1. The fraction of sp³-hybridized carbons (Fsp3) is 0.429. The smallest absolute Gasteiger partial charge is 0.326 e. The third-order valence-electron chi connectivity index (χ3n) is 2.79. The molecular formula is C14H20N2O4. The van der Waals surface area contributed by atoms with Crippen LogP contribution in [-0.2, 0) is 11.3 Å². The topological polar surface area (TPSA) is 87.7 Å². The van der Waals surface area contributed by atoms with Gasteiger partial charge in [0.05, 0.1) is 7.11 Å². The average Bonchev–Trinajstić information content (AvgIpc) is 2.45. The molecule has 0 aliphatic rings. The third kappa shape index (κ3) is 5.17. The van der Waals surface area contributed by atoms with Crippen LogP contribution >= 0.6 is 0 Å². The molecule has 0 saturated heterocycles. The van der Waals surface area contributed by atoms with Crippen LogP contribution in [0.2, 0.25) is 0 Å². The molecule has 1 aromatic carbocycles. The number of carboxylic acid groups (broad SMARTS) is 1. The van der Waals surface area contributed by atoms with Crippen molar-refractivity contribution < 1.29 is 19.4 Å². The van der Waals surface area contributed by atoms with Crippen LogP contribution in [0.5, 0.6) is 5.75 Å². The normalized spacial score (nSPS) is 11.5. The molecule has 6 heteroatoms. The van der Waals surface area contributed by atoms with Gasteiger partial charge in [-0.2, -0.15) is 0 Å². The molecule has 1 rings (SSSR count).